The maximum Gasteiger partial charge on any atom is 0.311 e. The molecular formula is C17H21BrN2O4. The molecule has 0 N–H and O–H groups in total. The van der Waals surface area contributed by atoms with Gasteiger partial charge in [0.1, 0.15) is 0 Å². The lowest BCUT2D eigenvalue weighted by atomic mass is 10.1. The van der Waals surface area contributed by atoms with Gasteiger partial charge in [-0.25, -0.2) is 0 Å². The Morgan fingerprint density at radius 3 is 2.79 bits per heavy atom. The second kappa shape index (κ2) is 7.53. The molecule has 1 aromatic carbocycles. The summed E-state index contributed by atoms with van der Waals surface area (Å²) in [5.41, 5.74) is 1.89. The number of rotatable bonds is 4. The van der Waals surface area contributed by atoms with Gasteiger partial charge in [-0.05, 0) is 41.1 Å². The number of morpholine rings is 1. The Hall–Kier alpha value is -1.60. The van der Waals surface area contributed by atoms with Crippen LogP contribution in [0.4, 0.5) is 11.4 Å². The largest absolute Gasteiger partial charge is 0.466 e. The van der Waals surface area contributed by atoms with E-state index in [0.29, 0.717) is 13.2 Å². The van der Waals surface area contributed by atoms with Gasteiger partial charge in [0.15, 0.2) is 0 Å². The van der Waals surface area contributed by atoms with Crippen molar-refractivity contribution in [3.05, 3.63) is 22.7 Å². The van der Waals surface area contributed by atoms with Gasteiger partial charge in [-0.2, -0.15) is 0 Å². The van der Waals surface area contributed by atoms with Crippen LogP contribution in [-0.2, 0) is 19.1 Å². The number of carbonyl (C=O) groups excluding carboxylic acids is 2. The van der Waals surface area contributed by atoms with Crippen molar-refractivity contribution in [2.75, 3.05) is 49.3 Å². The second-order valence-electron chi connectivity index (χ2n) is 5.89. The highest BCUT2D eigenvalue weighted by Crippen LogP contribution is 2.33. The minimum absolute atomic E-state index is 0.0425. The number of esters is 1. The van der Waals surface area contributed by atoms with E-state index in [2.05, 4.69) is 20.8 Å². The van der Waals surface area contributed by atoms with Gasteiger partial charge in [-0.3, -0.25) is 9.59 Å². The van der Waals surface area contributed by atoms with Crippen LogP contribution in [0, 0.1) is 5.92 Å². The number of anilines is 2. The molecule has 0 saturated carbocycles. The Balaban J connectivity index is 1.74. The first-order chi connectivity index (χ1) is 11.6. The molecule has 0 bridgehead atoms. The molecule has 0 aromatic heterocycles. The molecule has 7 heteroatoms. The van der Waals surface area contributed by atoms with Crippen LogP contribution in [0.25, 0.3) is 0 Å². The molecule has 0 radical (unpaired) electrons. The highest BCUT2D eigenvalue weighted by atomic mass is 79.9. The van der Waals surface area contributed by atoms with Crippen LogP contribution >= 0.6 is 15.9 Å². The van der Waals surface area contributed by atoms with E-state index in [1.54, 1.807) is 11.8 Å². The average molecular weight is 397 g/mol. The number of halogens is 1. The quantitative estimate of drug-likeness (QED) is 0.730. The number of hydrogen-bond donors (Lipinski definition) is 0. The highest BCUT2D eigenvalue weighted by Gasteiger charge is 2.36. The number of hydrogen-bond acceptors (Lipinski definition) is 5. The van der Waals surface area contributed by atoms with Crippen molar-refractivity contribution in [1.29, 1.82) is 0 Å². The van der Waals surface area contributed by atoms with E-state index >= 15 is 0 Å². The SMILES string of the molecule is CCOC(=O)C1CC(=O)N(c2ccc(N3CCOCC3)c(Br)c2)C1. The molecule has 2 fully saturated rings. The van der Waals surface area contributed by atoms with E-state index in [4.69, 9.17) is 9.47 Å². The van der Waals surface area contributed by atoms with Gasteiger partial charge in [0.2, 0.25) is 5.91 Å². The fourth-order valence-electron chi connectivity index (χ4n) is 3.10. The topological polar surface area (TPSA) is 59.1 Å². The number of carbonyl (C=O) groups is 2. The molecule has 1 amide bonds. The maximum absolute atomic E-state index is 12.3. The van der Waals surface area contributed by atoms with Crippen molar-refractivity contribution >= 4 is 39.2 Å². The van der Waals surface area contributed by atoms with Crippen LogP contribution in [0.1, 0.15) is 13.3 Å². The first kappa shape index (κ1) is 17.2. The third kappa shape index (κ3) is 3.57. The Morgan fingerprint density at radius 1 is 1.38 bits per heavy atom. The highest BCUT2D eigenvalue weighted by molar-refractivity contribution is 9.10. The van der Waals surface area contributed by atoms with Gasteiger partial charge in [0.25, 0.3) is 0 Å². The van der Waals surface area contributed by atoms with Gasteiger partial charge in [-0.15, -0.1) is 0 Å². The molecule has 2 aliphatic rings. The fraction of sp³-hybridized carbons (Fsp3) is 0.529. The summed E-state index contributed by atoms with van der Waals surface area (Å²) < 4.78 is 11.4. The van der Waals surface area contributed by atoms with E-state index in [9.17, 15) is 9.59 Å². The summed E-state index contributed by atoms with van der Waals surface area (Å²) >= 11 is 3.61. The molecule has 130 valence electrons. The molecule has 2 heterocycles. The lowest BCUT2D eigenvalue weighted by Gasteiger charge is -2.30. The van der Waals surface area contributed by atoms with E-state index in [1.807, 2.05) is 18.2 Å². The Labute approximate surface area is 149 Å². The molecule has 2 saturated heterocycles. The predicted octanol–water partition coefficient (Wildman–Crippen LogP) is 2.20. The molecule has 3 rings (SSSR count). The number of nitrogens with zero attached hydrogens (tertiary/aromatic N) is 2. The smallest absolute Gasteiger partial charge is 0.311 e. The molecule has 1 unspecified atom stereocenters. The third-order valence-corrected chi connectivity index (χ3v) is 4.97. The van der Waals surface area contributed by atoms with Gasteiger partial charge in [-0.1, -0.05) is 0 Å². The minimum atomic E-state index is -0.379. The molecule has 6 nitrogen and oxygen atoms in total. The molecule has 0 aliphatic carbocycles. The van der Waals surface area contributed by atoms with Gasteiger partial charge >= 0.3 is 5.97 Å². The lowest BCUT2D eigenvalue weighted by Crippen LogP contribution is -2.36. The summed E-state index contributed by atoms with van der Waals surface area (Å²) in [6.07, 6.45) is 0.210. The van der Waals surface area contributed by atoms with Crippen LogP contribution in [0.5, 0.6) is 0 Å². The zero-order valence-electron chi connectivity index (χ0n) is 13.7. The normalized spacial score (nSPS) is 21.2. The molecule has 1 atom stereocenters. The average Bonchev–Trinajstić information content (AvgIpc) is 2.98. The number of benzene rings is 1. The fourth-order valence-corrected chi connectivity index (χ4v) is 3.72. The maximum atomic E-state index is 12.3. The Kier molecular flexibility index (Phi) is 5.40. The van der Waals surface area contributed by atoms with Crippen molar-refractivity contribution in [2.45, 2.75) is 13.3 Å². The summed E-state index contributed by atoms with van der Waals surface area (Å²) in [6.45, 7) is 5.63. The second-order valence-corrected chi connectivity index (χ2v) is 6.75. The van der Waals surface area contributed by atoms with Crippen molar-refractivity contribution in [3.63, 3.8) is 0 Å². The summed E-state index contributed by atoms with van der Waals surface area (Å²) in [5.74, 6) is -0.716. The monoisotopic (exact) mass is 396 g/mol. The zero-order chi connectivity index (χ0) is 17.1. The first-order valence-electron chi connectivity index (χ1n) is 8.19. The third-order valence-electron chi connectivity index (χ3n) is 4.34. The molecule has 2 aliphatic heterocycles. The lowest BCUT2D eigenvalue weighted by molar-refractivity contribution is -0.147. The van der Waals surface area contributed by atoms with Gasteiger partial charge in [0.05, 0.1) is 31.4 Å². The van der Waals surface area contributed by atoms with Gasteiger partial charge < -0.3 is 19.3 Å². The summed E-state index contributed by atoms with van der Waals surface area (Å²) in [4.78, 5) is 28.1. The zero-order valence-corrected chi connectivity index (χ0v) is 15.3. The summed E-state index contributed by atoms with van der Waals surface area (Å²) in [5, 5.41) is 0. The van der Waals surface area contributed by atoms with Gasteiger partial charge in [0, 0.05) is 36.2 Å². The van der Waals surface area contributed by atoms with Crippen molar-refractivity contribution in [3.8, 4) is 0 Å². The van der Waals surface area contributed by atoms with E-state index < -0.39 is 0 Å². The number of amides is 1. The molecule has 1 aromatic rings. The predicted molar refractivity (Wildman–Crippen MR) is 94.3 cm³/mol. The standard InChI is InChI=1S/C17H21BrN2O4/c1-2-24-17(22)12-9-16(21)20(11-12)13-3-4-15(14(18)10-13)19-5-7-23-8-6-19/h3-4,10,12H,2,5-9,11H2,1H3. The Bertz CT molecular complexity index is 631. The first-order valence-corrected chi connectivity index (χ1v) is 8.98. The molecule has 24 heavy (non-hydrogen) atoms. The van der Waals surface area contributed by atoms with Crippen LogP contribution in [0.3, 0.4) is 0 Å². The summed E-state index contributed by atoms with van der Waals surface area (Å²) in [6, 6.07) is 5.88. The molecule has 0 spiro atoms. The minimum Gasteiger partial charge on any atom is -0.466 e. The van der Waals surface area contributed by atoms with Crippen molar-refractivity contribution in [2.24, 2.45) is 5.92 Å². The van der Waals surface area contributed by atoms with E-state index in [-0.39, 0.29) is 24.2 Å². The van der Waals surface area contributed by atoms with Crippen LogP contribution in [0.2, 0.25) is 0 Å². The summed E-state index contributed by atoms with van der Waals surface area (Å²) in [7, 11) is 0. The van der Waals surface area contributed by atoms with Crippen LogP contribution in [-0.4, -0.2) is 51.3 Å². The van der Waals surface area contributed by atoms with Crippen LogP contribution < -0.4 is 9.80 Å². The van der Waals surface area contributed by atoms with Crippen LogP contribution in [0.15, 0.2) is 22.7 Å². The van der Waals surface area contributed by atoms with E-state index in [1.165, 1.54) is 0 Å². The van der Waals surface area contributed by atoms with Crippen molar-refractivity contribution in [1.82, 2.24) is 0 Å². The van der Waals surface area contributed by atoms with E-state index in [0.717, 1.165) is 42.2 Å². The number of ether oxygens (including phenoxy) is 2. The van der Waals surface area contributed by atoms with Crippen molar-refractivity contribution < 1.29 is 19.1 Å². The Morgan fingerprint density at radius 2 is 2.12 bits per heavy atom. The molecular weight excluding hydrogens is 376 g/mol.